The lowest BCUT2D eigenvalue weighted by Crippen LogP contribution is -2.34. The number of rotatable bonds is 4. The summed E-state index contributed by atoms with van der Waals surface area (Å²) in [6.07, 6.45) is 0. The molecule has 0 spiro atoms. The summed E-state index contributed by atoms with van der Waals surface area (Å²) >= 11 is 16.9. The molecule has 2 rings (SSSR count). The maximum atomic E-state index is 12.2. The molecule has 8 heteroatoms. The van der Waals surface area contributed by atoms with E-state index in [2.05, 4.69) is 16.0 Å². The first-order valence-electron chi connectivity index (χ1n) is 7.74. The zero-order chi connectivity index (χ0) is 19.3. The molecule has 0 fully saturated rings. The Hall–Kier alpha value is -2.15. The fraction of sp³-hybridized carbons (Fsp3) is 0.167. The average Bonchev–Trinajstić information content (AvgIpc) is 2.53. The van der Waals surface area contributed by atoms with Gasteiger partial charge in [0.1, 0.15) is 0 Å². The minimum Gasteiger partial charge on any atom is -0.332 e. The molecule has 0 aliphatic carbocycles. The second-order valence-corrected chi connectivity index (χ2v) is 7.07. The topological polar surface area (TPSA) is 70.2 Å². The van der Waals surface area contributed by atoms with E-state index in [0.29, 0.717) is 27.0 Å². The van der Waals surface area contributed by atoms with E-state index in [1.807, 2.05) is 13.8 Å². The second kappa shape index (κ2) is 8.98. The molecule has 0 saturated heterocycles. The minimum absolute atomic E-state index is 0.0872. The van der Waals surface area contributed by atoms with Gasteiger partial charge >= 0.3 is 0 Å². The van der Waals surface area contributed by atoms with Crippen molar-refractivity contribution in [2.75, 3.05) is 10.6 Å². The van der Waals surface area contributed by atoms with Gasteiger partial charge in [0.25, 0.3) is 5.91 Å². The third kappa shape index (κ3) is 5.98. The number of thiocarbonyl (C=S) groups is 1. The number of halogens is 2. The maximum Gasteiger partial charge on any atom is 0.257 e. The van der Waals surface area contributed by atoms with Crippen LogP contribution in [0, 0.1) is 5.92 Å². The predicted molar refractivity (Wildman–Crippen MR) is 110 cm³/mol. The van der Waals surface area contributed by atoms with Crippen LogP contribution in [0.25, 0.3) is 0 Å². The first-order chi connectivity index (χ1) is 12.2. The largest absolute Gasteiger partial charge is 0.332 e. The van der Waals surface area contributed by atoms with Crippen molar-refractivity contribution in [3.8, 4) is 0 Å². The molecule has 0 heterocycles. The van der Waals surface area contributed by atoms with Crippen molar-refractivity contribution >= 4 is 63.7 Å². The van der Waals surface area contributed by atoms with Gasteiger partial charge in [0.15, 0.2) is 5.11 Å². The maximum absolute atomic E-state index is 12.2. The normalized spacial score (nSPS) is 10.3. The molecule has 2 amide bonds. The summed E-state index contributed by atoms with van der Waals surface area (Å²) in [5.74, 6) is -0.650. The van der Waals surface area contributed by atoms with Crippen LogP contribution in [0.1, 0.15) is 24.2 Å². The van der Waals surface area contributed by atoms with E-state index in [-0.39, 0.29) is 16.9 Å². The quantitative estimate of drug-likeness (QED) is 0.639. The molecule has 3 N–H and O–H groups in total. The van der Waals surface area contributed by atoms with Crippen molar-refractivity contribution in [3.63, 3.8) is 0 Å². The summed E-state index contributed by atoms with van der Waals surface area (Å²) in [5.41, 5.74) is 1.55. The van der Waals surface area contributed by atoms with Crippen molar-refractivity contribution in [1.82, 2.24) is 5.32 Å². The third-order valence-corrected chi connectivity index (χ3v) is 3.90. The molecule has 136 valence electrons. The number of hydrogen-bond acceptors (Lipinski definition) is 3. The molecular formula is C18H17Cl2N3O2S. The zero-order valence-corrected chi connectivity index (χ0v) is 16.4. The molecule has 0 aliphatic rings. The van der Waals surface area contributed by atoms with Gasteiger partial charge in [0, 0.05) is 32.9 Å². The van der Waals surface area contributed by atoms with Crippen LogP contribution in [0.15, 0.2) is 42.5 Å². The molecule has 0 unspecified atom stereocenters. The van der Waals surface area contributed by atoms with Crippen LogP contribution in [0.3, 0.4) is 0 Å². The van der Waals surface area contributed by atoms with Gasteiger partial charge in [-0.25, -0.2) is 0 Å². The standard InChI is InChI=1S/C18H17Cl2N3O2S/c1-10(2)16(24)21-14-4-3-5-15(9-14)22-18(26)23-17(25)11-6-12(19)8-13(20)7-11/h3-10H,1-2H3,(H,21,24)(H2,22,23,25,26). The van der Waals surface area contributed by atoms with Gasteiger partial charge < -0.3 is 10.6 Å². The van der Waals surface area contributed by atoms with Crippen LogP contribution >= 0.6 is 35.4 Å². The Bertz CT molecular complexity index is 836. The number of carbonyl (C=O) groups is 2. The summed E-state index contributed by atoms with van der Waals surface area (Å²) < 4.78 is 0. The highest BCUT2D eigenvalue weighted by Gasteiger charge is 2.11. The van der Waals surface area contributed by atoms with E-state index in [4.69, 9.17) is 35.4 Å². The minimum atomic E-state index is -0.434. The van der Waals surface area contributed by atoms with Gasteiger partial charge in [-0.3, -0.25) is 14.9 Å². The molecule has 2 aromatic carbocycles. The first kappa shape index (κ1) is 20.2. The smallest absolute Gasteiger partial charge is 0.257 e. The highest BCUT2D eigenvalue weighted by atomic mass is 35.5. The van der Waals surface area contributed by atoms with E-state index in [1.165, 1.54) is 18.2 Å². The van der Waals surface area contributed by atoms with E-state index in [9.17, 15) is 9.59 Å². The van der Waals surface area contributed by atoms with Crippen LogP contribution in [0.2, 0.25) is 10.0 Å². The summed E-state index contributed by atoms with van der Waals surface area (Å²) in [7, 11) is 0. The number of hydrogen-bond donors (Lipinski definition) is 3. The van der Waals surface area contributed by atoms with Crippen molar-refractivity contribution in [2.24, 2.45) is 5.92 Å². The fourth-order valence-corrected chi connectivity index (χ4v) is 2.72. The van der Waals surface area contributed by atoms with Crippen LogP contribution < -0.4 is 16.0 Å². The van der Waals surface area contributed by atoms with Crippen molar-refractivity contribution < 1.29 is 9.59 Å². The van der Waals surface area contributed by atoms with Crippen LogP contribution in [0.5, 0.6) is 0 Å². The van der Waals surface area contributed by atoms with Crippen LogP contribution in [0.4, 0.5) is 11.4 Å². The van der Waals surface area contributed by atoms with E-state index in [0.717, 1.165) is 0 Å². The predicted octanol–water partition coefficient (Wildman–Crippen LogP) is 4.71. The Labute approximate surface area is 167 Å². The number of anilines is 2. The Morgan fingerprint density at radius 3 is 2.12 bits per heavy atom. The monoisotopic (exact) mass is 409 g/mol. The summed E-state index contributed by atoms with van der Waals surface area (Å²) in [5, 5.41) is 9.07. The number of nitrogens with one attached hydrogen (secondary N) is 3. The Morgan fingerprint density at radius 2 is 1.54 bits per heavy atom. The molecule has 0 bridgehead atoms. The van der Waals surface area contributed by atoms with Crippen molar-refractivity contribution in [2.45, 2.75) is 13.8 Å². The second-order valence-electron chi connectivity index (χ2n) is 5.79. The van der Waals surface area contributed by atoms with Gasteiger partial charge in [0.2, 0.25) is 5.91 Å². The molecule has 2 aromatic rings. The van der Waals surface area contributed by atoms with Gasteiger partial charge in [-0.05, 0) is 48.6 Å². The number of amides is 2. The van der Waals surface area contributed by atoms with Crippen molar-refractivity contribution in [3.05, 3.63) is 58.1 Å². The molecule has 0 aliphatic heterocycles. The highest BCUT2D eigenvalue weighted by molar-refractivity contribution is 7.80. The summed E-state index contributed by atoms with van der Waals surface area (Å²) in [6.45, 7) is 3.62. The third-order valence-electron chi connectivity index (χ3n) is 3.26. The van der Waals surface area contributed by atoms with E-state index in [1.54, 1.807) is 24.3 Å². The fourth-order valence-electron chi connectivity index (χ4n) is 1.98. The van der Waals surface area contributed by atoms with Crippen LogP contribution in [-0.2, 0) is 4.79 Å². The number of benzene rings is 2. The summed E-state index contributed by atoms with van der Waals surface area (Å²) in [4.78, 5) is 24.0. The SMILES string of the molecule is CC(C)C(=O)Nc1cccc(NC(=S)NC(=O)c2cc(Cl)cc(Cl)c2)c1. The molecule has 0 radical (unpaired) electrons. The number of carbonyl (C=O) groups excluding carboxylic acids is 2. The molecule has 26 heavy (non-hydrogen) atoms. The van der Waals surface area contributed by atoms with Crippen LogP contribution in [-0.4, -0.2) is 16.9 Å². The Kier molecular flexibility index (Phi) is 6.97. The lowest BCUT2D eigenvalue weighted by molar-refractivity contribution is -0.118. The van der Waals surface area contributed by atoms with E-state index >= 15 is 0 Å². The van der Waals surface area contributed by atoms with Gasteiger partial charge in [-0.15, -0.1) is 0 Å². The Morgan fingerprint density at radius 1 is 0.962 bits per heavy atom. The van der Waals surface area contributed by atoms with Gasteiger partial charge in [0.05, 0.1) is 0 Å². The molecular weight excluding hydrogens is 393 g/mol. The van der Waals surface area contributed by atoms with Gasteiger partial charge in [-0.2, -0.15) is 0 Å². The lowest BCUT2D eigenvalue weighted by Gasteiger charge is -2.12. The lowest BCUT2D eigenvalue weighted by atomic mass is 10.2. The van der Waals surface area contributed by atoms with Crippen molar-refractivity contribution in [1.29, 1.82) is 0 Å². The van der Waals surface area contributed by atoms with Gasteiger partial charge in [-0.1, -0.05) is 43.1 Å². The molecule has 0 saturated carbocycles. The molecule has 5 nitrogen and oxygen atoms in total. The summed E-state index contributed by atoms with van der Waals surface area (Å²) in [6, 6.07) is 11.5. The Balaban J connectivity index is 2.01. The zero-order valence-electron chi connectivity index (χ0n) is 14.1. The van der Waals surface area contributed by atoms with E-state index < -0.39 is 5.91 Å². The average molecular weight is 410 g/mol. The first-order valence-corrected chi connectivity index (χ1v) is 8.90. The molecule has 0 aromatic heterocycles. The highest BCUT2D eigenvalue weighted by Crippen LogP contribution is 2.19. The molecule has 0 atom stereocenters.